The summed E-state index contributed by atoms with van der Waals surface area (Å²) >= 11 is 0. The molecule has 0 bridgehead atoms. The summed E-state index contributed by atoms with van der Waals surface area (Å²) in [5.74, 6) is 1.92. The Morgan fingerprint density at radius 2 is 2.46 bits per heavy atom. The average Bonchev–Trinajstić information content (AvgIpc) is 2.68. The molecule has 1 saturated carbocycles. The maximum Gasteiger partial charge on any atom is 0.120 e. The van der Waals surface area contributed by atoms with Crippen molar-refractivity contribution >= 4 is 0 Å². The second-order valence-corrected chi connectivity index (χ2v) is 3.96. The van der Waals surface area contributed by atoms with Crippen LogP contribution in [-0.4, -0.2) is 6.04 Å². The maximum absolute atomic E-state index is 5.39. The molecule has 0 saturated heterocycles. The molecule has 72 valence electrons. The fourth-order valence-corrected chi connectivity index (χ4v) is 1.70. The lowest BCUT2D eigenvalue weighted by Gasteiger charge is -2.13. The van der Waals surface area contributed by atoms with Gasteiger partial charge in [0.2, 0.25) is 0 Å². The lowest BCUT2D eigenvalue weighted by atomic mass is 10.1. The molecule has 1 heterocycles. The van der Waals surface area contributed by atoms with Gasteiger partial charge in [-0.2, -0.15) is 0 Å². The van der Waals surface area contributed by atoms with Gasteiger partial charge in [0.15, 0.2) is 0 Å². The van der Waals surface area contributed by atoms with E-state index in [1.807, 2.05) is 12.1 Å². The molecule has 1 aromatic heterocycles. The van der Waals surface area contributed by atoms with Crippen LogP contribution in [0.15, 0.2) is 22.8 Å². The molecule has 2 heteroatoms. The zero-order valence-corrected chi connectivity index (χ0v) is 8.29. The van der Waals surface area contributed by atoms with Crippen molar-refractivity contribution in [2.75, 3.05) is 0 Å². The predicted molar refractivity (Wildman–Crippen MR) is 52.4 cm³/mol. The lowest BCUT2D eigenvalue weighted by molar-refractivity contribution is 0.398. The minimum absolute atomic E-state index is 0.407. The first kappa shape index (κ1) is 8.82. The Morgan fingerprint density at radius 1 is 1.69 bits per heavy atom. The van der Waals surface area contributed by atoms with Crippen molar-refractivity contribution in [1.29, 1.82) is 0 Å². The maximum atomic E-state index is 5.39. The smallest absolute Gasteiger partial charge is 0.120 e. The molecular weight excluding hydrogens is 162 g/mol. The minimum Gasteiger partial charge on any atom is -0.468 e. The molecule has 1 aliphatic carbocycles. The Bertz CT molecular complexity index is 255. The van der Waals surface area contributed by atoms with Crippen molar-refractivity contribution in [1.82, 2.24) is 5.32 Å². The van der Waals surface area contributed by atoms with Gasteiger partial charge in [0.05, 0.1) is 12.3 Å². The van der Waals surface area contributed by atoms with Crippen molar-refractivity contribution in [3.05, 3.63) is 24.2 Å². The van der Waals surface area contributed by atoms with E-state index in [2.05, 4.69) is 19.2 Å². The highest BCUT2D eigenvalue weighted by molar-refractivity contribution is 5.06. The van der Waals surface area contributed by atoms with E-state index in [0.29, 0.717) is 6.04 Å². The van der Waals surface area contributed by atoms with Crippen LogP contribution in [0.3, 0.4) is 0 Å². The molecule has 0 radical (unpaired) electrons. The van der Waals surface area contributed by atoms with E-state index in [0.717, 1.165) is 24.1 Å². The molecule has 2 nitrogen and oxygen atoms in total. The van der Waals surface area contributed by atoms with Gasteiger partial charge in [-0.15, -0.1) is 0 Å². The third kappa shape index (κ3) is 1.94. The van der Waals surface area contributed by atoms with Crippen molar-refractivity contribution < 1.29 is 4.42 Å². The van der Waals surface area contributed by atoms with Gasteiger partial charge in [-0.05, 0) is 30.9 Å². The zero-order chi connectivity index (χ0) is 9.26. The normalized spacial score (nSPS) is 28.8. The lowest BCUT2D eigenvalue weighted by Crippen LogP contribution is -2.23. The van der Waals surface area contributed by atoms with E-state index in [9.17, 15) is 0 Å². The molecule has 3 atom stereocenters. The summed E-state index contributed by atoms with van der Waals surface area (Å²) in [7, 11) is 0. The van der Waals surface area contributed by atoms with Crippen molar-refractivity contribution in [3.63, 3.8) is 0 Å². The molecule has 1 aliphatic rings. The second-order valence-electron chi connectivity index (χ2n) is 3.96. The summed E-state index contributed by atoms with van der Waals surface area (Å²) in [4.78, 5) is 0. The Balaban J connectivity index is 1.94. The van der Waals surface area contributed by atoms with Crippen LogP contribution in [0.5, 0.6) is 0 Å². The molecule has 0 spiro atoms. The number of hydrogen-bond donors (Lipinski definition) is 1. The molecule has 0 amide bonds. The van der Waals surface area contributed by atoms with Crippen LogP contribution in [0.4, 0.5) is 0 Å². The molecular formula is C11H17NO. The molecule has 1 aromatic rings. The van der Waals surface area contributed by atoms with Crippen LogP contribution >= 0.6 is 0 Å². The number of rotatable bonds is 4. The van der Waals surface area contributed by atoms with Crippen molar-refractivity contribution in [3.8, 4) is 0 Å². The first-order valence-electron chi connectivity index (χ1n) is 5.10. The van der Waals surface area contributed by atoms with Gasteiger partial charge < -0.3 is 9.73 Å². The van der Waals surface area contributed by atoms with E-state index in [1.165, 1.54) is 6.42 Å². The minimum atomic E-state index is 0.407. The first-order chi connectivity index (χ1) is 6.31. The van der Waals surface area contributed by atoms with E-state index in [-0.39, 0.29) is 0 Å². The zero-order valence-electron chi connectivity index (χ0n) is 8.29. The third-order valence-electron chi connectivity index (χ3n) is 2.82. The Hall–Kier alpha value is -0.760. The van der Waals surface area contributed by atoms with Gasteiger partial charge >= 0.3 is 0 Å². The van der Waals surface area contributed by atoms with Gasteiger partial charge in [-0.25, -0.2) is 0 Å². The molecule has 13 heavy (non-hydrogen) atoms. The molecule has 0 aliphatic heterocycles. The number of nitrogens with one attached hydrogen (secondary N) is 1. The van der Waals surface area contributed by atoms with Crippen LogP contribution in [0.25, 0.3) is 0 Å². The summed E-state index contributed by atoms with van der Waals surface area (Å²) in [6, 6.07) is 5.13. The van der Waals surface area contributed by atoms with Gasteiger partial charge in [0.25, 0.3) is 0 Å². The fraction of sp³-hybridized carbons (Fsp3) is 0.636. The number of furan rings is 1. The highest BCUT2D eigenvalue weighted by atomic mass is 16.3. The topological polar surface area (TPSA) is 25.2 Å². The van der Waals surface area contributed by atoms with Gasteiger partial charge in [0.1, 0.15) is 5.76 Å². The van der Waals surface area contributed by atoms with E-state index in [4.69, 9.17) is 4.42 Å². The first-order valence-corrected chi connectivity index (χ1v) is 5.10. The second kappa shape index (κ2) is 3.54. The van der Waals surface area contributed by atoms with Crippen LogP contribution in [0.1, 0.15) is 38.5 Å². The Morgan fingerprint density at radius 3 is 2.92 bits per heavy atom. The van der Waals surface area contributed by atoms with Crippen LogP contribution < -0.4 is 5.32 Å². The van der Waals surface area contributed by atoms with Crippen molar-refractivity contribution in [2.24, 2.45) is 5.92 Å². The van der Waals surface area contributed by atoms with E-state index >= 15 is 0 Å². The predicted octanol–water partition coefficient (Wildman–Crippen LogP) is 2.73. The van der Waals surface area contributed by atoms with Crippen LogP contribution in [0.2, 0.25) is 0 Å². The van der Waals surface area contributed by atoms with Gasteiger partial charge in [0, 0.05) is 6.04 Å². The van der Waals surface area contributed by atoms with E-state index in [1.54, 1.807) is 6.26 Å². The summed E-state index contributed by atoms with van der Waals surface area (Å²) in [6.07, 6.45) is 4.16. The number of hydrogen-bond acceptors (Lipinski definition) is 2. The summed E-state index contributed by atoms with van der Waals surface area (Å²) in [6.45, 7) is 4.47. The largest absolute Gasteiger partial charge is 0.468 e. The van der Waals surface area contributed by atoms with Gasteiger partial charge in [-0.1, -0.05) is 13.8 Å². The quantitative estimate of drug-likeness (QED) is 0.768. The Kier molecular flexibility index (Phi) is 2.40. The summed E-state index contributed by atoms with van der Waals surface area (Å²) in [5, 5.41) is 3.60. The molecule has 1 N–H and O–H groups in total. The molecule has 3 unspecified atom stereocenters. The third-order valence-corrected chi connectivity index (χ3v) is 2.82. The monoisotopic (exact) mass is 179 g/mol. The summed E-state index contributed by atoms with van der Waals surface area (Å²) in [5.41, 5.74) is 0. The highest BCUT2D eigenvalue weighted by Crippen LogP contribution is 2.32. The summed E-state index contributed by atoms with van der Waals surface area (Å²) < 4.78 is 5.39. The van der Waals surface area contributed by atoms with E-state index < -0.39 is 0 Å². The van der Waals surface area contributed by atoms with Crippen LogP contribution in [-0.2, 0) is 0 Å². The van der Waals surface area contributed by atoms with Crippen LogP contribution in [0, 0.1) is 5.92 Å². The van der Waals surface area contributed by atoms with Gasteiger partial charge in [-0.3, -0.25) is 0 Å². The highest BCUT2D eigenvalue weighted by Gasteiger charge is 2.34. The Labute approximate surface area is 79.3 Å². The molecule has 0 aromatic carbocycles. The average molecular weight is 179 g/mol. The van der Waals surface area contributed by atoms with Crippen molar-refractivity contribution in [2.45, 2.75) is 38.8 Å². The standard InChI is InChI=1S/C11H17NO/c1-3-9(11-5-4-6-13-11)12-10-7-8(10)2/h4-6,8-10,12H,3,7H2,1-2H3. The molecule has 2 rings (SSSR count). The molecule has 1 fully saturated rings. The fourth-order valence-electron chi connectivity index (χ4n) is 1.70. The SMILES string of the molecule is CCC(NC1CC1C)c1ccco1.